The Balaban J connectivity index is 1.97. The average molecular weight is 368 g/mol. The molecule has 1 amide bonds. The van der Waals surface area contributed by atoms with E-state index in [1.165, 1.54) is 0 Å². The van der Waals surface area contributed by atoms with Gasteiger partial charge < -0.3 is 10.6 Å². The van der Waals surface area contributed by atoms with E-state index < -0.39 is 0 Å². The van der Waals surface area contributed by atoms with Gasteiger partial charge in [0.25, 0.3) is 0 Å². The molecule has 0 radical (unpaired) electrons. The molecular weight excluding hydrogens is 352 g/mol. The van der Waals surface area contributed by atoms with E-state index in [2.05, 4.69) is 26.6 Å². The van der Waals surface area contributed by atoms with E-state index in [0.717, 1.165) is 27.0 Å². The van der Waals surface area contributed by atoms with Gasteiger partial charge in [-0.3, -0.25) is 4.79 Å². The maximum atomic E-state index is 12.0. The number of anilines is 2. The molecule has 0 bridgehead atoms. The Labute approximate surface area is 137 Å². The maximum Gasteiger partial charge on any atom is 0.243 e. The Morgan fingerprint density at radius 1 is 1.19 bits per heavy atom. The van der Waals surface area contributed by atoms with Crippen molar-refractivity contribution in [3.05, 3.63) is 57.0 Å². The molecule has 110 valence electrons. The van der Waals surface area contributed by atoms with Crippen molar-refractivity contribution in [1.29, 1.82) is 0 Å². The van der Waals surface area contributed by atoms with Gasteiger partial charge in [0.15, 0.2) is 0 Å². The van der Waals surface area contributed by atoms with Gasteiger partial charge in [0.05, 0.1) is 6.54 Å². The van der Waals surface area contributed by atoms with Crippen molar-refractivity contribution in [3.63, 3.8) is 0 Å². The number of carbonyl (C=O) groups is 1. The first-order chi connectivity index (χ1) is 9.94. The van der Waals surface area contributed by atoms with Crippen molar-refractivity contribution in [2.45, 2.75) is 13.8 Å². The summed E-state index contributed by atoms with van der Waals surface area (Å²) >= 11 is 9.37. The molecule has 0 spiro atoms. The lowest BCUT2D eigenvalue weighted by molar-refractivity contribution is -0.114. The van der Waals surface area contributed by atoms with Crippen LogP contribution in [0, 0.1) is 13.8 Å². The summed E-state index contributed by atoms with van der Waals surface area (Å²) in [7, 11) is 0. The van der Waals surface area contributed by atoms with Crippen LogP contribution in [-0.2, 0) is 4.79 Å². The molecule has 0 heterocycles. The van der Waals surface area contributed by atoms with Crippen LogP contribution in [0.1, 0.15) is 11.1 Å². The van der Waals surface area contributed by atoms with Gasteiger partial charge in [-0.2, -0.15) is 0 Å². The second-order valence-electron chi connectivity index (χ2n) is 4.88. The normalized spacial score (nSPS) is 10.3. The van der Waals surface area contributed by atoms with Gasteiger partial charge in [-0.15, -0.1) is 0 Å². The van der Waals surface area contributed by atoms with Crippen molar-refractivity contribution in [2.75, 3.05) is 17.2 Å². The predicted octanol–water partition coefficient (Wildman–Crippen LogP) is 4.77. The standard InChI is InChI=1S/C16H16BrClN2O/c1-10-5-12(17)7-14(6-10)19-9-16(21)20-15-8-13(18)4-3-11(15)2/h3-8,19H,9H2,1-2H3,(H,20,21). The fourth-order valence-corrected chi connectivity index (χ4v) is 2.72. The highest BCUT2D eigenvalue weighted by Crippen LogP contribution is 2.21. The summed E-state index contributed by atoms with van der Waals surface area (Å²) < 4.78 is 0.982. The minimum atomic E-state index is -0.113. The largest absolute Gasteiger partial charge is 0.376 e. The van der Waals surface area contributed by atoms with Crippen LogP contribution in [0.15, 0.2) is 40.9 Å². The first-order valence-corrected chi connectivity index (χ1v) is 7.68. The summed E-state index contributed by atoms with van der Waals surface area (Å²) in [6.07, 6.45) is 0. The molecular formula is C16H16BrClN2O. The Bertz CT molecular complexity index is 653. The van der Waals surface area contributed by atoms with Crippen LogP contribution >= 0.6 is 27.5 Å². The molecule has 0 aliphatic heterocycles. The van der Waals surface area contributed by atoms with Gasteiger partial charge in [-0.05, 0) is 55.3 Å². The molecule has 5 heteroatoms. The quantitative estimate of drug-likeness (QED) is 0.817. The summed E-state index contributed by atoms with van der Waals surface area (Å²) in [5.41, 5.74) is 3.74. The third-order valence-corrected chi connectivity index (χ3v) is 3.66. The highest BCUT2D eigenvalue weighted by Gasteiger charge is 2.06. The van der Waals surface area contributed by atoms with Crippen LogP contribution in [0.5, 0.6) is 0 Å². The first-order valence-electron chi connectivity index (χ1n) is 6.51. The number of benzene rings is 2. The number of nitrogens with one attached hydrogen (secondary N) is 2. The van der Waals surface area contributed by atoms with E-state index >= 15 is 0 Å². The van der Waals surface area contributed by atoms with E-state index in [4.69, 9.17) is 11.6 Å². The monoisotopic (exact) mass is 366 g/mol. The van der Waals surface area contributed by atoms with Crippen LogP contribution in [0.4, 0.5) is 11.4 Å². The zero-order chi connectivity index (χ0) is 15.4. The minimum absolute atomic E-state index is 0.113. The number of carbonyl (C=O) groups excluding carboxylic acids is 1. The number of aryl methyl sites for hydroxylation is 2. The molecule has 0 aromatic heterocycles. The Hall–Kier alpha value is -1.52. The minimum Gasteiger partial charge on any atom is -0.376 e. The first kappa shape index (κ1) is 15.9. The molecule has 21 heavy (non-hydrogen) atoms. The third kappa shape index (κ3) is 4.76. The highest BCUT2D eigenvalue weighted by molar-refractivity contribution is 9.10. The van der Waals surface area contributed by atoms with Crippen LogP contribution in [0.25, 0.3) is 0 Å². The second-order valence-corrected chi connectivity index (χ2v) is 6.23. The second kappa shape index (κ2) is 6.96. The highest BCUT2D eigenvalue weighted by atomic mass is 79.9. The zero-order valence-electron chi connectivity index (χ0n) is 11.8. The van der Waals surface area contributed by atoms with Gasteiger partial charge in [-0.1, -0.05) is 33.6 Å². The van der Waals surface area contributed by atoms with Crippen molar-refractivity contribution < 1.29 is 4.79 Å². The van der Waals surface area contributed by atoms with E-state index in [1.807, 2.05) is 38.1 Å². The number of hydrogen-bond donors (Lipinski definition) is 2. The van der Waals surface area contributed by atoms with Crippen molar-refractivity contribution in [2.24, 2.45) is 0 Å². The predicted molar refractivity (Wildman–Crippen MR) is 92.2 cm³/mol. The third-order valence-electron chi connectivity index (χ3n) is 2.97. The summed E-state index contributed by atoms with van der Waals surface area (Å²) in [5, 5.41) is 6.56. The van der Waals surface area contributed by atoms with Gasteiger partial charge >= 0.3 is 0 Å². The fourth-order valence-electron chi connectivity index (χ4n) is 1.94. The van der Waals surface area contributed by atoms with Crippen molar-refractivity contribution >= 4 is 44.8 Å². The molecule has 0 aliphatic rings. The van der Waals surface area contributed by atoms with Crippen molar-refractivity contribution in [1.82, 2.24) is 0 Å². The van der Waals surface area contributed by atoms with Gasteiger partial charge in [-0.25, -0.2) is 0 Å². The molecule has 2 N–H and O–H groups in total. The molecule has 0 unspecified atom stereocenters. The SMILES string of the molecule is Cc1cc(Br)cc(NCC(=O)Nc2cc(Cl)ccc2C)c1. The molecule has 0 saturated carbocycles. The lowest BCUT2D eigenvalue weighted by atomic mass is 10.2. The van der Waals surface area contributed by atoms with Gasteiger partial charge in [0.1, 0.15) is 0 Å². The Kier molecular flexibility index (Phi) is 5.26. The average Bonchev–Trinajstić information content (AvgIpc) is 2.40. The molecule has 2 aromatic carbocycles. The topological polar surface area (TPSA) is 41.1 Å². The molecule has 0 aliphatic carbocycles. The summed E-state index contributed by atoms with van der Waals surface area (Å²) in [5.74, 6) is -0.113. The van der Waals surface area contributed by atoms with Gasteiger partial charge in [0, 0.05) is 20.9 Å². The molecule has 2 aromatic rings. The van der Waals surface area contributed by atoms with Crippen LogP contribution in [0.3, 0.4) is 0 Å². The molecule has 0 atom stereocenters. The van der Waals surface area contributed by atoms with Crippen LogP contribution in [-0.4, -0.2) is 12.5 Å². The van der Waals surface area contributed by atoms with Crippen LogP contribution in [0.2, 0.25) is 5.02 Å². The molecule has 0 fully saturated rings. The maximum absolute atomic E-state index is 12.0. The lowest BCUT2D eigenvalue weighted by Crippen LogP contribution is -2.22. The molecule has 0 saturated heterocycles. The smallest absolute Gasteiger partial charge is 0.243 e. The van der Waals surface area contributed by atoms with E-state index in [9.17, 15) is 4.79 Å². The van der Waals surface area contributed by atoms with Crippen molar-refractivity contribution in [3.8, 4) is 0 Å². The molecule has 3 nitrogen and oxygen atoms in total. The Morgan fingerprint density at radius 2 is 1.95 bits per heavy atom. The van der Waals surface area contributed by atoms with E-state index in [1.54, 1.807) is 12.1 Å². The summed E-state index contributed by atoms with van der Waals surface area (Å²) in [6.45, 7) is 4.13. The number of hydrogen-bond acceptors (Lipinski definition) is 2. The lowest BCUT2D eigenvalue weighted by Gasteiger charge is -2.11. The van der Waals surface area contributed by atoms with E-state index in [0.29, 0.717) is 5.02 Å². The number of amides is 1. The van der Waals surface area contributed by atoms with E-state index in [-0.39, 0.29) is 12.5 Å². The summed E-state index contributed by atoms with van der Waals surface area (Å²) in [4.78, 5) is 12.0. The summed E-state index contributed by atoms with van der Waals surface area (Å²) in [6, 6.07) is 11.4. The fraction of sp³-hybridized carbons (Fsp3) is 0.188. The van der Waals surface area contributed by atoms with Gasteiger partial charge in [0.2, 0.25) is 5.91 Å². The number of rotatable bonds is 4. The Morgan fingerprint density at radius 3 is 2.67 bits per heavy atom. The molecule has 2 rings (SSSR count). The number of halogens is 2. The van der Waals surface area contributed by atoms with Crippen LogP contribution < -0.4 is 10.6 Å². The zero-order valence-corrected chi connectivity index (χ0v) is 14.2.